The number of hydrogen-bond acceptors (Lipinski definition) is 2. The molecule has 0 fully saturated rings. The molecule has 78 valence electrons. The van der Waals surface area contributed by atoms with E-state index in [9.17, 15) is 0 Å². The SMILES string of the molecule is NCCC[C@H](N)c1cc(Cl)cc(Cl)c1. The molecule has 0 spiro atoms. The summed E-state index contributed by atoms with van der Waals surface area (Å²) >= 11 is 11.7. The van der Waals surface area contributed by atoms with Crippen molar-refractivity contribution >= 4 is 23.2 Å². The average molecular weight is 233 g/mol. The van der Waals surface area contributed by atoms with Crippen LogP contribution >= 0.6 is 23.2 Å². The monoisotopic (exact) mass is 232 g/mol. The summed E-state index contributed by atoms with van der Waals surface area (Å²) in [5.74, 6) is 0. The summed E-state index contributed by atoms with van der Waals surface area (Å²) in [6, 6.07) is 5.35. The van der Waals surface area contributed by atoms with Crippen LogP contribution in [-0.4, -0.2) is 6.54 Å². The number of benzene rings is 1. The lowest BCUT2D eigenvalue weighted by Gasteiger charge is -2.11. The van der Waals surface area contributed by atoms with Crippen LogP contribution in [0.5, 0.6) is 0 Å². The Morgan fingerprint density at radius 3 is 2.21 bits per heavy atom. The van der Waals surface area contributed by atoms with Gasteiger partial charge in [0, 0.05) is 16.1 Å². The number of hydrogen-bond donors (Lipinski definition) is 2. The molecule has 0 heterocycles. The van der Waals surface area contributed by atoms with Crippen LogP contribution in [0.2, 0.25) is 10.0 Å². The molecule has 1 aromatic rings. The summed E-state index contributed by atoms with van der Waals surface area (Å²) < 4.78 is 0. The van der Waals surface area contributed by atoms with Gasteiger partial charge in [0.2, 0.25) is 0 Å². The van der Waals surface area contributed by atoms with Crippen molar-refractivity contribution in [3.63, 3.8) is 0 Å². The molecule has 14 heavy (non-hydrogen) atoms. The summed E-state index contributed by atoms with van der Waals surface area (Å²) in [4.78, 5) is 0. The topological polar surface area (TPSA) is 52.0 Å². The van der Waals surface area contributed by atoms with Crippen LogP contribution in [0.4, 0.5) is 0 Å². The second-order valence-electron chi connectivity index (χ2n) is 3.24. The fourth-order valence-corrected chi connectivity index (χ4v) is 1.84. The van der Waals surface area contributed by atoms with Crippen molar-refractivity contribution in [2.75, 3.05) is 6.54 Å². The molecule has 4 N–H and O–H groups in total. The second kappa shape index (κ2) is 5.56. The molecule has 0 aliphatic rings. The van der Waals surface area contributed by atoms with Crippen molar-refractivity contribution in [1.29, 1.82) is 0 Å². The summed E-state index contributed by atoms with van der Waals surface area (Å²) in [6.45, 7) is 0.655. The van der Waals surface area contributed by atoms with Crippen LogP contribution in [0, 0.1) is 0 Å². The first-order valence-corrected chi connectivity index (χ1v) is 5.30. The van der Waals surface area contributed by atoms with Crippen molar-refractivity contribution < 1.29 is 0 Å². The maximum absolute atomic E-state index is 5.95. The smallest absolute Gasteiger partial charge is 0.0424 e. The van der Waals surface area contributed by atoms with Crippen molar-refractivity contribution in [2.45, 2.75) is 18.9 Å². The van der Waals surface area contributed by atoms with E-state index in [1.807, 2.05) is 12.1 Å². The maximum Gasteiger partial charge on any atom is 0.0424 e. The van der Waals surface area contributed by atoms with E-state index in [-0.39, 0.29) is 6.04 Å². The lowest BCUT2D eigenvalue weighted by Crippen LogP contribution is -2.12. The number of rotatable bonds is 4. The van der Waals surface area contributed by atoms with Crippen molar-refractivity contribution in [3.05, 3.63) is 33.8 Å². The molecular weight excluding hydrogens is 219 g/mol. The molecule has 1 aromatic carbocycles. The molecule has 1 atom stereocenters. The lowest BCUT2D eigenvalue weighted by molar-refractivity contribution is 0.618. The third-order valence-corrected chi connectivity index (χ3v) is 2.47. The van der Waals surface area contributed by atoms with Gasteiger partial charge in [-0.2, -0.15) is 0 Å². The molecule has 0 aliphatic carbocycles. The minimum Gasteiger partial charge on any atom is -0.330 e. The van der Waals surface area contributed by atoms with Gasteiger partial charge in [-0.1, -0.05) is 23.2 Å². The summed E-state index contributed by atoms with van der Waals surface area (Å²) in [7, 11) is 0. The van der Waals surface area contributed by atoms with Gasteiger partial charge in [-0.25, -0.2) is 0 Å². The molecule has 0 aromatic heterocycles. The van der Waals surface area contributed by atoms with Gasteiger partial charge in [0.25, 0.3) is 0 Å². The lowest BCUT2D eigenvalue weighted by atomic mass is 10.0. The molecular formula is C10H14Cl2N2. The van der Waals surface area contributed by atoms with Crippen LogP contribution < -0.4 is 11.5 Å². The predicted molar refractivity (Wildman–Crippen MR) is 61.7 cm³/mol. The normalized spacial score (nSPS) is 12.9. The third-order valence-electron chi connectivity index (χ3n) is 2.03. The Morgan fingerprint density at radius 1 is 1.14 bits per heavy atom. The molecule has 0 amide bonds. The van der Waals surface area contributed by atoms with Gasteiger partial charge < -0.3 is 11.5 Å². The van der Waals surface area contributed by atoms with Gasteiger partial charge in [0.15, 0.2) is 0 Å². The summed E-state index contributed by atoms with van der Waals surface area (Å²) in [6.07, 6.45) is 1.76. The van der Waals surface area contributed by atoms with Crippen molar-refractivity contribution in [3.8, 4) is 0 Å². The largest absolute Gasteiger partial charge is 0.330 e. The Kier molecular flexibility index (Phi) is 4.69. The molecule has 0 aliphatic heterocycles. The standard InChI is InChI=1S/C10H14Cl2N2/c11-8-4-7(5-9(12)6-8)10(14)2-1-3-13/h4-6,10H,1-3,13-14H2/t10-/m0/s1. The summed E-state index contributed by atoms with van der Waals surface area (Å²) in [5.41, 5.74) is 12.3. The number of halogens is 2. The van der Waals surface area contributed by atoms with Crippen molar-refractivity contribution in [1.82, 2.24) is 0 Å². The highest BCUT2D eigenvalue weighted by Crippen LogP contribution is 2.24. The van der Waals surface area contributed by atoms with Crippen molar-refractivity contribution in [2.24, 2.45) is 11.5 Å². The van der Waals surface area contributed by atoms with Crippen LogP contribution in [0.25, 0.3) is 0 Å². The zero-order valence-corrected chi connectivity index (χ0v) is 9.35. The van der Waals surface area contributed by atoms with Gasteiger partial charge in [0.1, 0.15) is 0 Å². The van der Waals surface area contributed by atoms with Gasteiger partial charge in [0.05, 0.1) is 0 Å². The molecule has 0 unspecified atom stereocenters. The summed E-state index contributed by atoms with van der Waals surface area (Å²) in [5, 5.41) is 1.24. The van der Waals surface area contributed by atoms with Gasteiger partial charge in [-0.3, -0.25) is 0 Å². The van der Waals surface area contributed by atoms with E-state index in [2.05, 4.69) is 0 Å². The Morgan fingerprint density at radius 2 is 1.71 bits per heavy atom. The molecule has 4 heteroatoms. The molecule has 1 rings (SSSR count). The Balaban J connectivity index is 2.73. The fourth-order valence-electron chi connectivity index (χ4n) is 1.29. The van der Waals surface area contributed by atoms with E-state index < -0.39 is 0 Å². The highest BCUT2D eigenvalue weighted by Gasteiger charge is 2.07. The zero-order valence-electron chi connectivity index (χ0n) is 7.84. The average Bonchev–Trinajstić information content (AvgIpc) is 2.12. The first kappa shape index (κ1) is 11.8. The van der Waals surface area contributed by atoms with Gasteiger partial charge >= 0.3 is 0 Å². The Hall–Kier alpha value is -0.280. The first-order valence-electron chi connectivity index (χ1n) is 4.55. The molecule has 0 saturated carbocycles. The zero-order chi connectivity index (χ0) is 10.6. The molecule has 2 nitrogen and oxygen atoms in total. The van der Waals surface area contributed by atoms with E-state index in [1.54, 1.807) is 6.07 Å². The third kappa shape index (κ3) is 3.46. The van der Waals surface area contributed by atoms with Crippen LogP contribution in [0.3, 0.4) is 0 Å². The molecule has 0 bridgehead atoms. The highest BCUT2D eigenvalue weighted by molar-refractivity contribution is 6.34. The van der Waals surface area contributed by atoms with E-state index in [1.165, 1.54) is 0 Å². The van der Waals surface area contributed by atoms with Crippen LogP contribution in [0.15, 0.2) is 18.2 Å². The minimum atomic E-state index is -0.0326. The van der Waals surface area contributed by atoms with E-state index >= 15 is 0 Å². The van der Waals surface area contributed by atoms with Crippen LogP contribution in [-0.2, 0) is 0 Å². The quantitative estimate of drug-likeness (QED) is 0.839. The van der Waals surface area contributed by atoms with E-state index in [0.717, 1.165) is 18.4 Å². The second-order valence-corrected chi connectivity index (χ2v) is 4.11. The van der Waals surface area contributed by atoms with Gasteiger partial charge in [-0.15, -0.1) is 0 Å². The number of nitrogens with two attached hydrogens (primary N) is 2. The van der Waals surface area contributed by atoms with E-state index in [0.29, 0.717) is 16.6 Å². The Bertz CT molecular complexity index is 282. The first-order chi connectivity index (χ1) is 6.63. The highest BCUT2D eigenvalue weighted by atomic mass is 35.5. The maximum atomic E-state index is 5.95. The minimum absolute atomic E-state index is 0.0326. The predicted octanol–water partition coefficient (Wildman–Crippen LogP) is 2.73. The fraction of sp³-hybridized carbons (Fsp3) is 0.400. The molecule has 0 saturated heterocycles. The van der Waals surface area contributed by atoms with Gasteiger partial charge in [-0.05, 0) is 43.1 Å². The van der Waals surface area contributed by atoms with Crippen LogP contribution in [0.1, 0.15) is 24.4 Å². The Labute approximate surface area is 94.2 Å². The van der Waals surface area contributed by atoms with E-state index in [4.69, 9.17) is 34.7 Å². The molecule has 0 radical (unpaired) electrons.